The smallest absolute Gasteiger partial charge is 0.252 e. The molecular weight excluding hydrogens is 269 g/mol. The van der Waals surface area contributed by atoms with Gasteiger partial charge >= 0.3 is 0 Å². The normalized spacial score (nSPS) is 9.62. The Hall–Kier alpha value is -2.71. The van der Waals surface area contributed by atoms with Crippen LogP contribution >= 0.6 is 0 Å². The van der Waals surface area contributed by atoms with Gasteiger partial charge in [-0.2, -0.15) is 0 Å². The van der Waals surface area contributed by atoms with E-state index in [1.165, 1.54) is 24.5 Å². The Morgan fingerprint density at radius 3 is 2.76 bits per heavy atom. The van der Waals surface area contributed by atoms with E-state index in [4.69, 9.17) is 5.73 Å². The summed E-state index contributed by atoms with van der Waals surface area (Å²) in [5.74, 6) is 4.94. The Kier molecular flexibility index (Phi) is 5.02. The molecule has 1 aromatic heterocycles. The molecule has 0 atom stereocenters. The lowest BCUT2D eigenvalue weighted by molar-refractivity contribution is 0.0950. The molecule has 21 heavy (non-hydrogen) atoms. The Labute approximate surface area is 122 Å². The summed E-state index contributed by atoms with van der Waals surface area (Å²) in [6, 6.07) is 7.55. The first-order chi connectivity index (χ1) is 10.2. The summed E-state index contributed by atoms with van der Waals surface area (Å²) in [6.45, 7) is 0.525. The minimum Gasteiger partial charge on any atom is -0.348 e. The molecule has 3 N–H and O–H groups in total. The van der Waals surface area contributed by atoms with Gasteiger partial charge in [-0.25, -0.2) is 4.39 Å². The van der Waals surface area contributed by atoms with E-state index in [1.54, 1.807) is 18.2 Å². The number of carbonyl (C=O) groups excluding carboxylic acids is 1. The Balaban J connectivity index is 2.08. The average molecular weight is 283 g/mol. The van der Waals surface area contributed by atoms with Gasteiger partial charge in [0.25, 0.3) is 5.91 Å². The molecule has 0 aliphatic rings. The summed E-state index contributed by atoms with van der Waals surface area (Å²) >= 11 is 0. The van der Waals surface area contributed by atoms with E-state index in [0.29, 0.717) is 17.7 Å². The predicted molar refractivity (Wildman–Crippen MR) is 77.7 cm³/mol. The molecule has 5 heteroatoms. The van der Waals surface area contributed by atoms with Crippen molar-refractivity contribution in [2.45, 2.75) is 6.54 Å². The standard InChI is InChI=1S/C16H14FN3O/c17-14-5-3-12(4-6-14)10-20-16(21)15-7-9-19-11-13(15)2-1-8-18/h3-7,9,11H,8,10,18H2,(H,20,21). The number of hydrogen-bond acceptors (Lipinski definition) is 3. The van der Waals surface area contributed by atoms with Crippen LogP contribution in [0.2, 0.25) is 0 Å². The zero-order valence-corrected chi connectivity index (χ0v) is 11.3. The van der Waals surface area contributed by atoms with Crippen molar-refractivity contribution in [1.82, 2.24) is 10.3 Å². The molecule has 0 bridgehead atoms. The van der Waals surface area contributed by atoms with E-state index in [-0.39, 0.29) is 18.3 Å². The number of pyridine rings is 1. The third-order valence-corrected chi connectivity index (χ3v) is 2.76. The van der Waals surface area contributed by atoms with Crippen LogP contribution in [0.5, 0.6) is 0 Å². The van der Waals surface area contributed by atoms with Crippen LogP contribution in [-0.2, 0) is 6.54 Å². The third-order valence-electron chi connectivity index (χ3n) is 2.76. The second-order valence-electron chi connectivity index (χ2n) is 4.24. The van der Waals surface area contributed by atoms with Gasteiger partial charge in [0, 0.05) is 18.9 Å². The summed E-state index contributed by atoms with van der Waals surface area (Å²) in [5, 5.41) is 2.76. The molecule has 0 aliphatic heterocycles. The number of carbonyl (C=O) groups is 1. The third kappa shape index (κ3) is 4.13. The molecule has 4 nitrogen and oxygen atoms in total. The van der Waals surface area contributed by atoms with Gasteiger partial charge in [0.1, 0.15) is 5.82 Å². The summed E-state index contributed by atoms with van der Waals surface area (Å²) in [5.41, 5.74) is 7.10. The number of nitrogens with two attached hydrogens (primary N) is 1. The van der Waals surface area contributed by atoms with Crippen molar-refractivity contribution >= 4 is 5.91 Å². The number of benzene rings is 1. The van der Waals surface area contributed by atoms with Gasteiger partial charge in [-0.1, -0.05) is 24.0 Å². The van der Waals surface area contributed by atoms with E-state index >= 15 is 0 Å². The summed E-state index contributed by atoms with van der Waals surface area (Å²) in [4.78, 5) is 16.1. The van der Waals surface area contributed by atoms with E-state index in [1.807, 2.05) is 0 Å². The molecule has 2 rings (SSSR count). The highest BCUT2D eigenvalue weighted by molar-refractivity contribution is 5.96. The average Bonchev–Trinajstić information content (AvgIpc) is 2.52. The summed E-state index contributed by atoms with van der Waals surface area (Å²) < 4.78 is 12.8. The van der Waals surface area contributed by atoms with Crippen molar-refractivity contribution < 1.29 is 9.18 Å². The lowest BCUT2D eigenvalue weighted by Gasteiger charge is -2.07. The van der Waals surface area contributed by atoms with Crippen molar-refractivity contribution in [2.75, 3.05) is 6.54 Å². The minimum absolute atomic E-state index is 0.214. The second kappa shape index (κ2) is 7.17. The quantitative estimate of drug-likeness (QED) is 0.838. The maximum absolute atomic E-state index is 12.8. The van der Waals surface area contributed by atoms with Crippen molar-refractivity contribution in [3.05, 3.63) is 65.2 Å². The Morgan fingerprint density at radius 1 is 1.29 bits per heavy atom. The van der Waals surface area contributed by atoms with Crippen LogP contribution in [0.1, 0.15) is 21.5 Å². The molecule has 0 saturated heterocycles. The number of aromatic nitrogens is 1. The van der Waals surface area contributed by atoms with Crippen LogP contribution in [0.4, 0.5) is 4.39 Å². The van der Waals surface area contributed by atoms with Crippen LogP contribution in [0, 0.1) is 17.7 Å². The number of rotatable bonds is 3. The SMILES string of the molecule is NCC#Cc1cnccc1C(=O)NCc1ccc(F)cc1. The van der Waals surface area contributed by atoms with Crippen LogP contribution < -0.4 is 11.1 Å². The van der Waals surface area contributed by atoms with Crippen LogP contribution in [0.15, 0.2) is 42.7 Å². The van der Waals surface area contributed by atoms with Crippen LogP contribution in [-0.4, -0.2) is 17.4 Å². The molecular formula is C16H14FN3O. The molecule has 0 aliphatic carbocycles. The number of hydrogen-bond donors (Lipinski definition) is 2. The highest BCUT2D eigenvalue weighted by atomic mass is 19.1. The van der Waals surface area contributed by atoms with Gasteiger partial charge in [-0.15, -0.1) is 0 Å². The van der Waals surface area contributed by atoms with Gasteiger partial charge in [-0.05, 0) is 23.8 Å². The monoisotopic (exact) mass is 283 g/mol. The predicted octanol–water partition coefficient (Wildman–Crippen LogP) is 1.46. The second-order valence-corrected chi connectivity index (χ2v) is 4.24. The van der Waals surface area contributed by atoms with E-state index < -0.39 is 0 Å². The molecule has 2 aromatic rings. The van der Waals surface area contributed by atoms with Crippen LogP contribution in [0.3, 0.4) is 0 Å². The lowest BCUT2D eigenvalue weighted by Crippen LogP contribution is -2.23. The number of amides is 1. The molecule has 106 valence electrons. The van der Waals surface area contributed by atoms with E-state index in [2.05, 4.69) is 22.1 Å². The summed E-state index contributed by atoms with van der Waals surface area (Å²) in [6.07, 6.45) is 3.05. The van der Waals surface area contributed by atoms with Crippen LogP contribution in [0.25, 0.3) is 0 Å². The van der Waals surface area contributed by atoms with E-state index in [9.17, 15) is 9.18 Å². The fourth-order valence-electron chi connectivity index (χ4n) is 1.72. The molecule has 0 unspecified atom stereocenters. The first-order valence-electron chi connectivity index (χ1n) is 6.36. The van der Waals surface area contributed by atoms with Gasteiger partial charge in [0.15, 0.2) is 0 Å². The molecule has 1 aromatic carbocycles. The molecule has 1 heterocycles. The molecule has 0 saturated carbocycles. The van der Waals surface area contributed by atoms with Crippen molar-refractivity contribution in [1.29, 1.82) is 0 Å². The fourth-order valence-corrected chi connectivity index (χ4v) is 1.72. The Morgan fingerprint density at radius 2 is 2.05 bits per heavy atom. The molecule has 1 amide bonds. The zero-order valence-electron chi connectivity index (χ0n) is 11.3. The van der Waals surface area contributed by atoms with E-state index in [0.717, 1.165) is 5.56 Å². The van der Waals surface area contributed by atoms with Crippen molar-refractivity contribution in [2.24, 2.45) is 5.73 Å². The van der Waals surface area contributed by atoms with Gasteiger partial charge in [0.2, 0.25) is 0 Å². The molecule has 0 spiro atoms. The topological polar surface area (TPSA) is 68.0 Å². The first kappa shape index (κ1) is 14.7. The molecule has 0 radical (unpaired) electrons. The largest absolute Gasteiger partial charge is 0.348 e. The Bertz CT molecular complexity index is 687. The highest BCUT2D eigenvalue weighted by Gasteiger charge is 2.09. The van der Waals surface area contributed by atoms with Gasteiger partial charge in [0.05, 0.1) is 17.7 Å². The zero-order chi connectivity index (χ0) is 15.1. The lowest BCUT2D eigenvalue weighted by atomic mass is 10.1. The highest BCUT2D eigenvalue weighted by Crippen LogP contribution is 2.07. The maximum Gasteiger partial charge on any atom is 0.252 e. The minimum atomic E-state index is -0.307. The summed E-state index contributed by atoms with van der Waals surface area (Å²) in [7, 11) is 0. The number of halogens is 1. The number of nitrogens with one attached hydrogen (secondary N) is 1. The molecule has 0 fully saturated rings. The van der Waals surface area contributed by atoms with Gasteiger partial charge in [-0.3, -0.25) is 9.78 Å². The van der Waals surface area contributed by atoms with Gasteiger partial charge < -0.3 is 11.1 Å². The maximum atomic E-state index is 12.8. The van der Waals surface area contributed by atoms with Crippen molar-refractivity contribution in [3.8, 4) is 11.8 Å². The first-order valence-corrected chi connectivity index (χ1v) is 6.36. The van der Waals surface area contributed by atoms with Crippen molar-refractivity contribution in [3.63, 3.8) is 0 Å². The fraction of sp³-hybridized carbons (Fsp3) is 0.125. The number of nitrogens with zero attached hydrogens (tertiary/aromatic N) is 1.